The van der Waals surface area contributed by atoms with Gasteiger partial charge >= 0.3 is 12.1 Å². The van der Waals surface area contributed by atoms with Crippen LogP contribution in [0, 0.1) is 11.3 Å². The Morgan fingerprint density at radius 2 is 2.03 bits per heavy atom. The van der Waals surface area contributed by atoms with E-state index in [9.17, 15) is 10.1 Å². The number of nitriles is 1. The van der Waals surface area contributed by atoms with Crippen molar-refractivity contribution in [2.45, 2.75) is 58.2 Å². The first-order chi connectivity index (χ1) is 16.6. The van der Waals surface area contributed by atoms with Gasteiger partial charge in [0.05, 0.1) is 16.1 Å². The maximum absolute atomic E-state index is 12.6. The summed E-state index contributed by atoms with van der Waals surface area (Å²) in [5.74, 6) is 0.675. The molecule has 2 unspecified atom stereocenters. The lowest BCUT2D eigenvalue weighted by Gasteiger charge is -2.41. The van der Waals surface area contributed by atoms with Crippen LogP contribution in [0.25, 0.3) is 10.9 Å². The summed E-state index contributed by atoms with van der Waals surface area (Å²) in [6.07, 6.45) is 1.91. The fourth-order valence-electron chi connectivity index (χ4n) is 4.61. The van der Waals surface area contributed by atoms with Crippen molar-refractivity contribution in [3.8, 4) is 12.1 Å². The molecule has 0 aliphatic carbocycles. The third-order valence-electron chi connectivity index (χ3n) is 6.49. The predicted molar refractivity (Wildman–Crippen MR) is 135 cm³/mol. The molecule has 2 aromatic rings. The highest BCUT2D eigenvalue weighted by Gasteiger charge is 2.32. The molecule has 188 valence electrons. The topological polar surface area (TPSA) is 94.8 Å². The summed E-state index contributed by atoms with van der Waals surface area (Å²) < 4.78 is 11.6. The molecule has 1 amide bonds. The van der Waals surface area contributed by atoms with Crippen LogP contribution in [0.2, 0.25) is 5.02 Å². The molecule has 0 spiro atoms. The van der Waals surface area contributed by atoms with Gasteiger partial charge in [0.15, 0.2) is 0 Å². The SMILES string of the molecule is CC1CN(C(=O)OC(C)(C)C)CCN1c1nc(OCC2CCCN2C)nc2cc(Cl)c(C#N)cc12. The summed E-state index contributed by atoms with van der Waals surface area (Å²) in [6.45, 7) is 10.7. The molecule has 2 aliphatic rings. The molecule has 0 radical (unpaired) electrons. The van der Waals surface area contributed by atoms with Crippen molar-refractivity contribution < 1.29 is 14.3 Å². The Morgan fingerprint density at radius 1 is 1.26 bits per heavy atom. The number of nitrogens with zero attached hydrogens (tertiary/aromatic N) is 6. The van der Waals surface area contributed by atoms with Gasteiger partial charge in [0, 0.05) is 37.1 Å². The van der Waals surface area contributed by atoms with Crippen LogP contribution in [0.4, 0.5) is 10.6 Å². The Morgan fingerprint density at radius 3 is 2.66 bits per heavy atom. The number of hydrogen-bond donors (Lipinski definition) is 0. The van der Waals surface area contributed by atoms with Crippen LogP contribution in [0.5, 0.6) is 6.01 Å². The van der Waals surface area contributed by atoms with E-state index in [2.05, 4.69) is 27.9 Å². The van der Waals surface area contributed by atoms with Crippen LogP contribution >= 0.6 is 11.6 Å². The van der Waals surface area contributed by atoms with E-state index in [1.807, 2.05) is 27.7 Å². The Hall–Kier alpha value is -2.83. The van der Waals surface area contributed by atoms with E-state index >= 15 is 0 Å². The molecule has 10 heteroatoms. The second kappa shape index (κ2) is 10.0. The lowest BCUT2D eigenvalue weighted by atomic mass is 10.1. The van der Waals surface area contributed by atoms with Crippen LogP contribution < -0.4 is 9.64 Å². The number of carbonyl (C=O) groups excluding carboxylic acids is 1. The van der Waals surface area contributed by atoms with Gasteiger partial charge < -0.3 is 24.2 Å². The van der Waals surface area contributed by atoms with Crippen molar-refractivity contribution in [3.05, 3.63) is 22.7 Å². The lowest BCUT2D eigenvalue weighted by Crippen LogP contribution is -2.54. The first-order valence-corrected chi connectivity index (χ1v) is 12.4. The number of anilines is 1. The number of aromatic nitrogens is 2. The number of benzene rings is 1. The molecular weight excluding hydrogens is 468 g/mol. The molecule has 2 saturated heterocycles. The monoisotopic (exact) mass is 500 g/mol. The Bertz CT molecular complexity index is 1140. The van der Waals surface area contributed by atoms with Gasteiger partial charge in [-0.15, -0.1) is 0 Å². The summed E-state index contributed by atoms with van der Waals surface area (Å²) in [5, 5.41) is 10.6. The average molecular weight is 501 g/mol. The van der Waals surface area contributed by atoms with Gasteiger partial charge in [-0.2, -0.15) is 15.2 Å². The zero-order valence-electron chi connectivity index (χ0n) is 21.0. The van der Waals surface area contributed by atoms with E-state index in [0.717, 1.165) is 24.8 Å². The van der Waals surface area contributed by atoms with E-state index in [4.69, 9.17) is 26.1 Å². The molecule has 2 aliphatic heterocycles. The number of carbonyl (C=O) groups is 1. The average Bonchev–Trinajstić information content (AvgIpc) is 3.20. The highest BCUT2D eigenvalue weighted by atomic mass is 35.5. The Labute approximate surface area is 211 Å². The van der Waals surface area contributed by atoms with Crippen LogP contribution in [-0.2, 0) is 4.74 Å². The van der Waals surface area contributed by atoms with Crippen LogP contribution in [-0.4, -0.2) is 83.4 Å². The van der Waals surface area contributed by atoms with Crippen molar-refractivity contribution in [2.24, 2.45) is 0 Å². The maximum Gasteiger partial charge on any atom is 0.410 e. The van der Waals surface area contributed by atoms with Crippen molar-refractivity contribution >= 4 is 34.4 Å². The third kappa shape index (κ3) is 5.71. The largest absolute Gasteiger partial charge is 0.462 e. The summed E-state index contributed by atoms with van der Waals surface area (Å²) in [7, 11) is 2.10. The van der Waals surface area contributed by atoms with Gasteiger partial charge in [-0.1, -0.05) is 11.6 Å². The third-order valence-corrected chi connectivity index (χ3v) is 6.80. The number of likely N-dealkylation sites (tertiary alicyclic amines) is 1. The Balaban J connectivity index is 1.63. The fourth-order valence-corrected chi connectivity index (χ4v) is 4.81. The smallest absolute Gasteiger partial charge is 0.410 e. The van der Waals surface area contributed by atoms with Crippen molar-refractivity contribution in [2.75, 3.05) is 44.7 Å². The zero-order valence-corrected chi connectivity index (χ0v) is 21.8. The molecular formula is C25H33ClN6O3. The first-order valence-electron chi connectivity index (χ1n) is 12.0. The predicted octanol–water partition coefficient (Wildman–Crippen LogP) is 4.07. The van der Waals surface area contributed by atoms with Gasteiger partial charge in [-0.25, -0.2) is 4.79 Å². The summed E-state index contributed by atoms with van der Waals surface area (Å²) >= 11 is 6.33. The molecule has 1 aromatic carbocycles. The molecule has 4 rings (SSSR count). The second-order valence-corrected chi connectivity index (χ2v) is 10.8. The van der Waals surface area contributed by atoms with Crippen LogP contribution in [0.3, 0.4) is 0 Å². The van der Waals surface area contributed by atoms with Crippen LogP contribution in [0.15, 0.2) is 12.1 Å². The molecule has 1 aromatic heterocycles. The minimum absolute atomic E-state index is 0.0376. The van der Waals surface area contributed by atoms with Gasteiger partial charge in [0.25, 0.3) is 0 Å². The van der Waals surface area contributed by atoms with Crippen molar-refractivity contribution in [3.63, 3.8) is 0 Å². The van der Waals surface area contributed by atoms with E-state index in [0.29, 0.717) is 54.2 Å². The molecule has 2 fully saturated rings. The quantitative estimate of drug-likeness (QED) is 0.620. The zero-order chi connectivity index (χ0) is 25.3. The maximum atomic E-state index is 12.6. The summed E-state index contributed by atoms with van der Waals surface area (Å²) in [6, 6.07) is 6.15. The molecule has 35 heavy (non-hydrogen) atoms. The van der Waals surface area contributed by atoms with Crippen LogP contribution in [0.1, 0.15) is 46.1 Å². The second-order valence-electron chi connectivity index (χ2n) is 10.3. The summed E-state index contributed by atoms with van der Waals surface area (Å²) in [4.78, 5) is 28.1. The highest BCUT2D eigenvalue weighted by Crippen LogP contribution is 2.33. The Kier molecular flexibility index (Phi) is 7.25. The van der Waals surface area contributed by atoms with Gasteiger partial charge in [0.1, 0.15) is 24.1 Å². The molecule has 2 atom stereocenters. The first kappa shape index (κ1) is 25.3. The molecule has 0 saturated carbocycles. The van der Waals surface area contributed by atoms with E-state index < -0.39 is 5.60 Å². The molecule has 0 bridgehead atoms. The minimum Gasteiger partial charge on any atom is -0.462 e. The van der Waals surface area contributed by atoms with E-state index in [1.54, 1.807) is 17.0 Å². The minimum atomic E-state index is -0.549. The molecule has 3 heterocycles. The number of piperazine rings is 1. The standard InChI is InChI=1S/C25H33ClN6O3/c1-16-14-31(24(33)35-25(2,3)4)9-10-32(16)22-19-11-17(13-27)20(26)12-21(19)28-23(29-22)34-15-18-7-6-8-30(18)5/h11-12,16,18H,6-10,14-15H2,1-5H3. The molecule has 0 N–H and O–H groups in total. The number of ether oxygens (including phenoxy) is 2. The van der Waals surface area contributed by atoms with E-state index in [-0.39, 0.29) is 18.1 Å². The van der Waals surface area contributed by atoms with Crippen molar-refractivity contribution in [1.29, 1.82) is 5.26 Å². The number of rotatable bonds is 4. The number of fused-ring (bicyclic) bond motifs is 1. The lowest BCUT2D eigenvalue weighted by molar-refractivity contribution is 0.0218. The highest BCUT2D eigenvalue weighted by molar-refractivity contribution is 6.32. The fraction of sp³-hybridized carbons (Fsp3) is 0.600. The van der Waals surface area contributed by atoms with Gasteiger partial charge in [0.2, 0.25) is 0 Å². The summed E-state index contributed by atoms with van der Waals surface area (Å²) in [5.41, 5.74) is 0.438. The van der Waals surface area contributed by atoms with Gasteiger partial charge in [-0.3, -0.25) is 0 Å². The number of likely N-dealkylation sites (N-methyl/N-ethyl adjacent to an activating group) is 1. The normalized spacial score (nSPS) is 21.3. The molecule has 9 nitrogen and oxygen atoms in total. The number of amides is 1. The number of halogens is 1. The van der Waals surface area contributed by atoms with E-state index in [1.165, 1.54) is 0 Å². The van der Waals surface area contributed by atoms with Gasteiger partial charge in [-0.05, 0) is 66.3 Å². The number of hydrogen-bond acceptors (Lipinski definition) is 8. The van der Waals surface area contributed by atoms with Crippen molar-refractivity contribution in [1.82, 2.24) is 19.8 Å².